The summed E-state index contributed by atoms with van der Waals surface area (Å²) >= 11 is 0. The van der Waals surface area contributed by atoms with Gasteiger partial charge in [-0.1, -0.05) is 31.0 Å². The summed E-state index contributed by atoms with van der Waals surface area (Å²) in [6.07, 6.45) is 4.21. The van der Waals surface area contributed by atoms with Crippen molar-refractivity contribution in [1.82, 2.24) is 0 Å². The third-order valence-corrected chi connectivity index (χ3v) is 6.46. The van der Waals surface area contributed by atoms with Crippen molar-refractivity contribution in [2.45, 2.75) is 32.1 Å². The summed E-state index contributed by atoms with van der Waals surface area (Å²) in [5, 5.41) is 3.72. The van der Waals surface area contributed by atoms with Crippen LogP contribution < -0.4 is 15.8 Å². The largest absolute Gasteiger partial charge is 0.423 e. The van der Waals surface area contributed by atoms with E-state index in [1.165, 1.54) is 11.6 Å². The van der Waals surface area contributed by atoms with Crippen LogP contribution in [0.5, 0.6) is 0 Å². The minimum absolute atomic E-state index is 0.0603. The van der Waals surface area contributed by atoms with E-state index >= 15 is 0 Å². The SMILES string of the molecule is O=C(Nc1ccc2oc(=O)ccc2c1)C1CCCCC1C(=O)N1CCc2ccccc21. The lowest BCUT2D eigenvalue weighted by Crippen LogP contribution is -2.43. The zero-order chi connectivity index (χ0) is 21.4. The van der Waals surface area contributed by atoms with Crippen molar-refractivity contribution in [2.75, 3.05) is 16.8 Å². The van der Waals surface area contributed by atoms with Gasteiger partial charge in [0.25, 0.3) is 0 Å². The molecule has 158 valence electrons. The van der Waals surface area contributed by atoms with Gasteiger partial charge in [-0.3, -0.25) is 9.59 Å². The average molecular weight is 416 g/mol. The van der Waals surface area contributed by atoms with Crippen LogP contribution >= 0.6 is 0 Å². The van der Waals surface area contributed by atoms with Crippen molar-refractivity contribution in [2.24, 2.45) is 11.8 Å². The van der Waals surface area contributed by atoms with Gasteiger partial charge in [-0.15, -0.1) is 0 Å². The molecule has 0 spiro atoms. The van der Waals surface area contributed by atoms with E-state index in [2.05, 4.69) is 11.4 Å². The van der Waals surface area contributed by atoms with Crippen LogP contribution in [0.3, 0.4) is 0 Å². The molecule has 6 heteroatoms. The van der Waals surface area contributed by atoms with Crippen LogP contribution in [-0.2, 0) is 16.0 Å². The maximum atomic E-state index is 13.4. The molecular formula is C25H24N2O4. The van der Waals surface area contributed by atoms with Crippen LogP contribution in [0.4, 0.5) is 11.4 Å². The number of benzene rings is 2. The molecule has 2 aliphatic rings. The van der Waals surface area contributed by atoms with Crippen LogP contribution in [0.25, 0.3) is 11.0 Å². The normalized spacial score (nSPS) is 20.5. The van der Waals surface area contributed by atoms with E-state index in [-0.39, 0.29) is 23.7 Å². The van der Waals surface area contributed by atoms with Gasteiger partial charge in [0.2, 0.25) is 11.8 Å². The van der Waals surface area contributed by atoms with Crippen molar-refractivity contribution in [3.63, 3.8) is 0 Å². The molecule has 6 nitrogen and oxygen atoms in total. The molecule has 2 atom stereocenters. The third-order valence-electron chi connectivity index (χ3n) is 6.46. The topological polar surface area (TPSA) is 79.6 Å². The molecule has 1 saturated carbocycles. The van der Waals surface area contributed by atoms with Crippen LogP contribution in [0.1, 0.15) is 31.2 Å². The maximum absolute atomic E-state index is 13.4. The minimum atomic E-state index is -0.406. The number of amides is 2. The molecule has 1 aliphatic carbocycles. The number of nitrogens with one attached hydrogen (secondary N) is 1. The Kier molecular flexibility index (Phi) is 5.06. The third kappa shape index (κ3) is 3.74. The first-order chi connectivity index (χ1) is 15.1. The molecule has 2 heterocycles. The highest BCUT2D eigenvalue weighted by atomic mass is 16.4. The molecule has 0 radical (unpaired) electrons. The Bertz CT molecular complexity index is 1220. The molecule has 0 saturated heterocycles. The zero-order valence-corrected chi connectivity index (χ0v) is 17.2. The van der Waals surface area contributed by atoms with Crippen molar-refractivity contribution in [3.8, 4) is 0 Å². The first-order valence-electron chi connectivity index (χ1n) is 10.8. The molecule has 31 heavy (non-hydrogen) atoms. The van der Waals surface area contributed by atoms with Crippen LogP contribution in [-0.4, -0.2) is 18.4 Å². The van der Waals surface area contributed by atoms with Crippen LogP contribution in [0.2, 0.25) is 0 Å². The minimum Gasteiger partial charge on any atom is -0.423 e. The van der Waals surface area contributed by atoms with Crippen molar-refractivity contribution in [3.05, 3.63) is 70.6 Å². The number of rotatable bonds is 3. The van der Waals surface area contributed by atoms with Gasteiger partial charge in [0, 0.05) is 35.3 Å². The van der Waals surface area contributed by atoms with E-state index in [1.807, 2.05) is 23.1 Å². The first kappa shape index (κ1) is 19.5. The summed E-state index contributed by atoms with van der Waals surface area (Å²) in [4.78, 5) is 39.8. The summed E-state index contributed by atoms with van der Waals surface area (Å²) in [6, 6.07) is 16.2. The average Bonchev–Trinajstić information content (AvgIpc) is 3.23. The fraction of sp³-hybridized carbons (Fsp3) is 0.320. The second kappa shape index (κ2) is 8.02. The summed E-state index contributed by atoms with van der Waals surface area (Å²) in [5.41, 5.74) is 2.87. The molecule has 2 amide bonds. The standard InChI is InChI=1S/C25H24N2O4/c28-23-12-9-17-15-18(10-11-22(17)31-23)26-24(29)19-6-2-3-7-20(19)25(30)27-14-13-16-5-1-4-8-21(16)27/h1,4-5,8-12,15,19-20H,2-3,6-7,13-14H2,(H,26,29). The van der Waals surface area contributed by atoms with Gasteiger partial charge >= 0.3 is 5.63 Å². The number of carbonyl (C=O) groups excluding carboxylic acids is 2. The summed E-state index contributed by atoms with van der Waals surface area (Å²) in [6.45, 7) is 0.679. The van der Waals surface area contributed by atoms with Gasteiger partial charge in [0.1, 0.15) is 5.58 Å². The Morgan fingerprint density at radius 1 is 0.968 bits per heavy atom. The van der Waals surface area contributed by atoms with Gasteiger partial charge in [-0.2, -0.15) is 0 Å². The lowest BCUT2D eigenvalue weighted by Gasteiger charge is -2.32. The van der Waals surface area contributed by atoms with Crippen molar-refractivity contribution >= 4 is 34.2 Å². The first-order valence-corrected chi connectivity index (χ1v) is 10.8. The van der Waals surface area contributed by atoms with E-state index in [0.717, 1.165) is 36.8 Å². The number of hydrogen-bond acceptors (Lipinski definition) is 4. The summed E-state index contributed by atoms with van der Waals surface area (Å²) in [5.74, 6) is -0.718. The lowest BCUT2D eigenvalue weighted by molar-refractivity contribution is -0.132. The highest BCUT2D eigenvalue weighted by Crippen LogP contribution is 2.36. The Labute approximate surface area is 179 Å². The van der Waals surface area contributed by atoms with Gasteiger partial charge in [-0.05, 0) is 55.2 Å². The number of nitrogens with zero attached hydrogens (tertiary/aromatic N) is 1. The smallest absolute Gasteiger partial charge is 0.336 e. The number of para-hydroxylation sites is 1. The Morgan fingerprint density at radius 2 is 1.77 bits per heavy atom. The summed E-state index contributed by atoms with van der Waals surface area (Å²) in [7, 11) is 0. The molecule has 1 N–H and O–H groups in total. The van der Waals surface area contributed by atoms with Gasteiger partial charge in [0.15, 0.2) is 0 Å². The number of hydrogen-bond donors (Lipinski definition) is 1. The second-order valence-corrected chi connectivity index (χ2v) is 8.36. The van der Waals surface area contributed by atoms with E-state index in [1.54, 1.807) is 24.3 Å². The Balaban J connectivity index is 1.35. The molecule has 1 aliphatic heterocycles. The fourth-order valence-electron chi connectivity index (χ4n) is 4.89. The number of carbonyl (C=O) groups is 2. The van der Waals surface area contributed by atoms with Crippen molar-refractivity contribution < 1.29 is 14.0 Å². The monoisotopic (exact) mass is 416 g/mol. The van der Waals surface area contributed by atoms with E-state index in [4.69, 9.17) is 4.42 Å². The maximum Gasteiger partial charge on any atom is 0.336 e. The zero-order valence-electron chi connectivity index (χ0n) is 17.2. The van der Waals surface area contributed by atoms with E-state index < -0.39 is 5.63 Å². The predicted molar refractivity (Wildman–Crippen MR) is 119 cm³/mol. The molecule has 2 aromatic carbocycles. The van der Waals surface area contributed by atoms with Crippen molar-refractivity contribution in [1.29, 1.82) is 0 Å². The number of anilines is 2. The second-order valence-electron chi connectivity index (χ2n) is 8.36. The molecule has 0 bridgehead atoms. The molecular weight excluding hydrogens is 392 g/mol. The highest BCUT2D eigenvalue weighted by molar-refractivity contribution is 6.02. The molecule has 5 rings (SSSR count). The quantitative estimate of drug-likeness (QED) is 0.651. The molecule has 1 aromatic heterocycles. The van der Waals surface area contributed by atoms with E-state index in [9.17, 15) is 14.4 Å². The van der Waals surface area contributed by atoms with E-state index in [0.29, 0.717) is 24.2 Å². The van der Waals surface area contributed by atoms with Crippen LogP contribution in [0.15, 0.2) is 63.8 Å². The fourth-order valence-corrected chi connectivity index (χ4v) is 4.89. The lowest BCUT2D eigenvalue weighted by atomic mass is 9.77. The van der Waals surface area contributed by atoms with Crippen LogP contribution in [0, 0.1) is 11.8 Å². The Hall–Kier alpha value is -3.41. The molecule has 2 unspecified atom stereocenters. The molecule has 3 aromatic rings. The van der Waals surface area contributed by atoms with Gasteiger partial charge < -0.3 is 14.6 Å². The highest BCUT2D eigenvalue weighted by Gasteiger charge is 2.39. The predicted octanol–water partition coefficient (Wildman–Crippen LogP) is 4.13. The molecule has 1 fully saturated rings. The number of fused-ring (bicyclic) bond motifs is 2. The van der Waals surface area contributed by atoms with Gasteiger partial charge in [-0.25, -0.2) is 4.79 Å². The Morgan fingerprint density at radius 3 is 2.65 bits per heavy atom. The summed E-state index contributed by atoms with van der Waals surface area (Å²) < 4.78 is 5.15. The van der Waals surface area contributed by atoms with Gasteiger partial charge in [0.05, 0.1) is 5.92 Å².